The molecule has 0 unspecified atom stereocenters. The maximum absolute atomic E-state index is 13.1. The number of aromatic nitrogens is 2. The minimum Gasteiger partial charge on any atom is -0.347 e. The van der Waals surface area contributed by atoms with E-state index in [2.05, 4.69) is 58.0 Å². The Morgan fingerprint density at radius 1 is 0.848 bits per heavy atom. The van der Waals surface area contributed by atoms with E-state index in [0.717, 1.165) is 59.0 Å². The van der Waals surface area contributed by atoms with Crippen LogP contribution in [0.5, 0.6) is 0 Å². The van der Waals surface area contributed by atoms with Crippen molar-refractivity contribution in [3.63, 3.8) is 0 Å². The molecule has 0 spiro atoms. The van der Waals surface area contributed by atoms with Crippen LogP contribution < -0.4 is 5.32 Å². The van der Waals surface area contributed by atoms with E-state index in [0.29, 0.717) is 17.1 Å². The second-order valence-corrected chi connectivity index (χ2v) is 9.42. The number of nitrogens with zero attached hydrogens (tertiary/aromatic N) is 3. The molecule has 4 heterocycles. The molecule has 1 N–H and O–H groups in total. The molecule has 6 heteroatoms. The number of carbonyl (C=O) groups excluding carboxylic acids is 2. The number of nitrogens with one attached hydrogen (secondary N) is 1. The van der Waals surface area contributed by atoms with Gasteiger partial charge in [0.1, 0.15) is 0 Å². The van der Waals surface area contributed by atoms with E-state index >= 15 is 0 Å². The summed E-state index contributed by atoms with van der Waals surface area (Å²) in [6.07, 6.45) is 5.14. The first kappa shape index (κ1) is 20.0. The molecule has 2 aromatic heterocycles. The molecule has 6 nitrogen and oxygen atoms in total. The van der Waals surface area contributed by atoms with Crippen LogP contribution in [-0.4, -0.2) is 46.5 Å². The van der Waals surface area contributed by atoms with Crippen molar-refractivity contribution in [2.24, 2.45) is 5.92 Å². The SMILES string of the molecule is CN(C)C[C@H]1CCn2cc(c3ccccc32)C2=C(C(=O)NC2=O)c2cn(c3ccccc23)C1. The monoisotopic (exact) mass is 438 g/mol. The van der Waals surface area contributed by atoms with E-state index in [4.69, 9.17) is 0 Å². The molecule has 33 heavy (non-hydrogen) atoms. The van der Waals surface area contributed by atoms with Gasteiger partial charge in [0.25, 0.3) is 11.8 Å². The minimum absolute atomic E-state index is 0.322. The van der Waals surface area contributed by atoms with Gasteiger partial charge in [0.15, 0.2) is 0 Å². The van der Waals surface area contributed by atoms with Crippen LogP contribution in [0.4, 0.5) is 0 Å². The van der Waals surface area contributed by atoms with Crippen LogP contribution >= 0.6 is 0 Å². The highest BCUT2D eigenvalue weighted by Crippen LogP contribution is 2.39. The van der Waals surface area contributed by atoms with Crippen molar-refractivity contribution in [1.82, 2.24) is 19.4 Å². The third-order valence-corrected chi connectivity index (χ3v) is 6.90. The predicted molar refractivity (Wildman–Crippen MR) is 131 cm³/mol. The molecule has 0 aliphatic carbocycles. The molecule has 0 fully saturated rings. The van der Waals surface area contributed by atoms with Gasteiger partial charge in [-0.25, -0.2) is 0 Å². The van der Waals surface area contributed by atoms with Gasteiger partial charge in [-0.15, -0.1) is 0 Å². The highest BCUT2D eigenvalue weighted by atomic mass is 16.2. The molecule has 166 valence electrons. The third kappa shape index (κ3) is 3.13. The highest BCUT2D eigenvalue weighted by Gasteiger charge is 2.35. The number of para-hydroxylation sites is 2. The zero-order chi connectivity index (χ0) is 22.7. The lowest BCUT2D eigenvalue weighted by Crippen LogP contribution is -2.26. The van der Waals surface area contributed by atoms with Crippen molar-refractivity contribution in [1.29, 1.82) is 0 Å². The lowest BCUT2D eigenvalue weighted by atomic mass is 9.95. The second kappa shape index (κ2) is 7.46. The number of hydrogen-bond acceptors (Lipinski definition) is 3. The summed E-state index contributed by atoms with van der Waals surface area (Å²) in [4.78, 5) is 28.5. The predicted octanol–water partition coefficient (Wildman–Crippen LogP) is 3.74. The largest absolute Gasteiger partial charge is 0.347 e. The van der Waals surface area contributed by atoms with E-state index in [1.54, 1.807) is 0 Å². The lowest BCUT2D eigenvalue weighted by Gasteiger charge is -2.23. The van der Waals surface area contributed by atoms with Gasteiger partial charge in [0.05, 0.1) is 11.1 Å². The fraction of sp³-hybridized carbons (Fsp3) is 0.259. The number of aryl methyl sites for hydroxylation is 1. The Hall–Kier alpha value is -3.64. The summed E-state index contributed by atoms with van der Waals surface area (Å²) >= 11 is 0. The molecule has 4 aromatic rings. The van der Waals surface area contributed by atoms with Crippen molar-refractivity contribution in [3.05, 3.63) is 72.1 Å². The highest BCUT2D eigenvalue weighted by molar-refractivity contribution is 6.50. The molecule has 6 rings (SSSR count). The minimum atomic E-state index is -0.323. The zero-order valence-corrected chi connectivity index (χ0v) is 18.8. The van der Waals surface area contributed by atoms with Crippen molar-refractivity contribution < 1.29 is 9.59 Å². The van der Waals surface area contributed by atoms with Crippen molar-refractivity contribution in [3.8, 4) is 0 Å². The molecule has 4 bridgehead atoms. The smallest absolute Gasteiger partial charge is 0.259 e. The average molecular weight is 439 g/mol. The van der Waals surface area contributed by atoms with Gasteiger partial charge in [0.2, 0.25) is 0 Å². The molecule has 2 aliphatic heterocycles. The summed E-state index contributed by atoms with van der Waals surface area (Å²) in [5.41, 5.74) is 4.78. The summed E-state index contributed by atoms with van der Waals surface area (Å²) in [6, 6.07) is 16.3. The van der Waals surface area contributed by atoms with E-state index in [1.165, 1.54) is 0 Å². The number of imide groups is 1. The van der Waals surface area contributed by atoms with Gasteiger partial charge in [-0.1, -0.05) is 36.4 Å². The Bertz CT molecular complexity index is 1470. The summed E-state index contributed by atoms with van der Waals surface area (Å²) in [6.45, 7) is 2.67. The first-order chi connectivity index (χ1) is 16.0. The zero-order valence-electron chi connectivity index (χ0n) is 18.8. The van der Waals surface area contributed by atoms with Gasteiger partial charge in [0, 0.05) is 65.0 Å². The van der Waals surface area contributed by atoms with Gasteiger partial charge >= 0.3 is 0 Å². The third-order valence-electron chi connectivity index (χ3n) is 6.90. The van der Waals surface area contributed by atoms with Gasteiger partial charge in [-0.2, -0.15) is 0 Å². The quantitative estimate of drug-likeness (QED) is 0.485. The van der Waals surface area contributed by atoms with Crippen molar-refractivity contribution >= 4 is 44.8 Å². The van der Waals surface area contributed by atoms with Crippen molar-refractivity contribution in [2.45, 2.75) is 19.5 Å². The Balaban J connectivity index is 1.69. The molecule has 0 saturated carbocycles. The number of hydrogen-bond donors (Lipinski definition) is 1. The summed E-state index contributed by atoms with van der Waals surface area (Å²) in [7, 11) is 4.23. The van der Waals surface area contributed by atoms with Gasteiger partial charge in [-0.05, 0) is 38.6 Å². The average Bonchev–Trinajstić information content (AvgIpc) is 3.42. The number of benzene rings is 2. The standard InChI is InChI=1S/C27H26N4O2/c1-29(2)13-17-11-12-30-15-20(18-7-3-5-9-22(18)30)24-25(27(33)28-26(24)32)21-16-31(14-17)23-10-6-4-8-19(21)23/h3-10,15-17H,11-14H2,1-2H3,(H,28,32,33)/t17-/m1/s1. The fourth-order valence-electron chi connectivity index (χ4n) is 5.55. The second-order valence-electron chi connectivity index (χ2n) is 9.42. The Labute approximate surface area is 192 Å². The van der Waals surface area contributed by atoms with E-state index in [9.17, 15) is 9.59 Å². The Morgan fingerprint density at radius 3 is 2.00 bits per heavy atom. The van der Waals surface area contributed by atoms with E-state index < -0.39 is 0 Å². The van der Waals surface area contributed by atoms with Crippen LogP contribution in [0.3, 0.4) is 0 Å². The van der Waals surface area contributed by atoms with Gasteiger partial charge in [-0.3, -0.25) is 14.9 Å². The molecule has 1 atom stereocenters. The molecular weight excluding hydrogens is 412 g/mol. The number of amides is 2. The van der Waals surface area contributed by atoms with Crippen LogP contribution in [-0.2, 0) is 22.7 Å². The maximum atomic E-state index is 13.1. The van der Waals surface area contributed by atoms with Crippen LogP contribution in [0, 0.1) is 5.92 Å². The topological polar surface area (TPSA) is 59.3 Å². The summed E-state index contributed by atoms with van der Waals surface area (Å²) in [5.74, 6) is -0.214. The normalized spacial score (nSPS) is 18.6. The number of fused-ring (bicyclic) bond motifs is 12. The van der Waals surface area contributed by atoms with E-state index in [1.807, 2.05) is 36.4 Å². The summed E-state index contributed by atoms with van der Waals surface area (Å²) < 4.78 is 4.51. The first-order valence-corrected chi connectivity index (χ1v) is 11.4. The molecular formula is C27H26N4O2. The Kier molecular flexibility index (Phi) is 4.52. The molecule has 2 aliphatic rings. The van der Waals surface area contributed by atoms with Crippen LogP contribution in [0.2, 0.25) is 0 Å². The lowest BCUT2D eigenvalue weighted by molar-refractivity contribution is -0.122. The van der Waals surface area contributed by atoms with Crippen LogP contribution in [0.1, 0.15) is 17.5 Å². The van der Waals surface area contributed by atoms with Crippen molar-refractivity contribution in [2.75, 3.05) is 20.6 Å². The molecule has 0 saturated heterocycles. The molecule has 2 aromatic carbocycles. The first-order valence-electron chi connectivity index (χ1n) is 11.4. The molecule has 2 amide bonds. The molecule has 0 radical (unpaired) electrons. The van der Waals surface area contributed by atoms with E-state index in [-0.39, 0.29) is 11.8 Å². The fourth-order valence-corrected chi connectivity index (χ4v) is 5.55. The van der Waals surface area contributed by atoms with Gasteiger partial charge < -0.3 is 14.0 Å². The number of rotatable bonds is 2. The number of carbonyl (C=O) groups is 2. The maximum Gasteiger partial charge on any atom is 0.259 e. The van der Waals surface area contributed by atoms with Crippen LogP contribution in [0.15, 0.2) is 60.9 Å². The van der Waals surface area contributed by atoms with Crippen LogP contribution in [0.25, 0.3) is 33.0 Å². The Morgan fingerprint density at radius 2 is 1.39 bits per heavy atom. The summed E-state index contributed by atoms with van der Waals surface area (Å²) in [5, 5.41) is 4.57.